The minimum atomic E-state index is -2.61. The maximum Gasteiger partial charge on any atom is 0.272 e. The van der Waals surface area contributed by atoms with Crippen LogP contribution in [0.5, 0.6) is 5.75 Å². The van der Waals surface area contributed by atoms with Crippen LogP contribution in [0.2, 0.25) is 0 Å². The molecule has 8 heteroatoms. The minimum absolute atomic E-state index is 0.168. The van der Waals surface area contributed by atoms with Crippen LogP contribution in [0.1, 0.15) is 11.3 Å². The van der Waals surface area contributed by atoms with Gasteiger partial charge in [0.25, 0.3) is 6.43 Å². The van der Waals surface area contributed by atoms with E-state index < -0.39 is 18.8 Å². The van der Waals surface area contributed by atoms with E-state index in [2.05, 4.69) is 15.5 Å². The molecule has 0 aliphatic carbocycles. The van der Waals surface area contributed by atoms with Gasteiger partial charge in [-0.05, 0) is 36.4 Å². The van der Waals surface area contributed by atoms with E-state index in [0.29, 0.717) is 22.2 Å². The number of nitrogens with one attached hydrogen (secondary N) is 2. The van der Waals surface area contributed by atoms with Crippen molar-refractivity contribution in [2.75, 3.05) is 11.9 Å². The van der Waals surface area contributed by atoms with Crippen molar-refractivity contribution in [1.82, 2.24) is 10.2 Å². The maximum absolute atomic E-state index is 13.5. The average molecular weight is 346 g/mol. The Bertz CT molecular complexity index is 933. The van der Waals surface area contributed by atoms with E-state index in [0.717, 1.165) is 6.07 Å². The summed E-state index contributed by atoms with van der Waals surface area (Å²) >= 11 is 0. The summed E-state index contributed by atoms with van der Waals surface area (Å²) in [5.41, 5.74) is 2.07. The zero-order valence-corrected chi connectivity index (χ0v) is 12.9. The Kier molecular flexibility index (Phi) is 4.75. The van der Waals surface area contributed by atoms with Gasteiger partial charge in [0.15, 0.2) is 5.69 Å². The SMILES string of the molecule is N#Cc1n[nH]c2ccc(NCc3cc(F)ccc3OCC(F)F)cc12. The predicted octanol–water partition coefficient (Wildman–Crippen LogP) is 3.83. The lowest BCUT2D eigenvalue weighted by Gasteiger charge is -2.13. The Labute approximate surface area is 141 Å². The number of nitriles is 1. The molecule has 2 N–H and O–H groups in total. The summed E-state index contributed by atoms with van der Waals surface area (Å²) in [5, 5.41) is 19.4. The van der Waals surface area contributed by atoms with E-state index in [1.165, 1.54) is 12.1 Å². The number of aromatic nitrogens is 2. The van der Waals surface area contributed by atoms with Crippen molar-refractivity contribution in [3.8, 4) is 11.8 Å². The molecule has 0 spiro atoms. The standard InChI is InChI=1S/C17H13F3N4O/c18-11-1-4-16(25-9-17(19)20)10(5-11)8-22-12-2-3-14-13(6-12)15(7-21)24-23-14/h1-6,17,22H,8-9H2,(H,23,24). The molecule has 0 saturated heterocycles. The zero-order valence-electron chi connectivity index (χ0n) is 12.9. The van der Waals surface area contributed by atoms with Crippen LogP contribution < -0.4 is 10.1 Å². The van der Waals surface area contributed by atoms with Gasteiger partial charge in [-0.25, -0.2) is 13.2 Å². The summed E-state index contributed by atoms with van der Waals surface area (Å²) in [5.74, 6) is -0.297. The quantitative estimate of drug-likeness (QED) is 0.711. The minimum Gasteiger partial charge on any atom is -0.487 e. The molecular formula is C17H13F3N4O. The van der Waals surface area contributed by atoms with Crippen molar-refractivity contribution in [3.05, 3.63) is 53.5 Å². The number of halogens is 3. The fourth-order valence-corrected chi connectivity index (χ4v) is 2.39. The van der Waals surface area contributed by atoms with E-state index >= 15 is 0 Å². The number of benzene rings is 2. The van der Waals surface area contributed by atoms with Crippen LogP contribution in [-0.4, -0.2) is 23.2 Å². The molecule has 0 saturated carbocycles. The van der Waals surface area contributed by atoms with Gasteiger partial charge in [0, 0.05) is 23.2 Å². The van der Waals surface area contributed by atoms with Crippen LogP contribution in [0.4, 0.5) is 18.9 Å². The van der Waals surface area contributed by atoms with E-state index in [4.69, 9.17) is 10.00 Å². The number of fused-ring (bicyclic) bond motifs is 1. The molecule has 1 heterocycles. The second kappa shape index (κ2) is 7.13. The van der Waals surface area contributed by atoms with Crippen LogP contribution in [0, 0.1) is 17.1 Å². The summed E-state index contributed by atoms with van der Waals surface area (Å²) in [6, 6.07) is 10.9. The third-order valence-corrected chi connectivity index (χ3v) is 3.54. The smallest absolute Gasteiger partial charge is 0.272 e. The molecule has 3 aromatic rings. The van der Waals surface area contributed by atoms with E-state index in [1.54, 1.807) is 18.2 Å². The van der Waals surface area contributed by atoms with Crippen molar-refractivity contribution >= 4 is 16.6 Å². The molecule has 2 aromatic carbocycles. The number of rotatable bonds is 6. The number of hydrogen-bond donors (Lipinski definition) is 2. The van der Waals surface area contributed by atoms with Gasteiger partial charge in [-0.2, -0.15) is 10.4 Å². The monoisotopic (exact) mass is 346 g/mol. The van der Waals surface area contributed by atoms with Gasteiger partial charge in [0.2, 0.25) is 0 Å². The molecule has 0 bridgehead atoms. The number of anilines is 1. The van der Waals surface area contributed by atoms with Crippen LogP contribution in [0.15, 0.2) is 36.4 Å². The fourth-order valence-electron chi connectivity index (χ4n) is 2.39. The van der Waals surface area contributed by atoms with Crippen molar-refractivity contribution in [2.24, 2.45) is 0 Å². The van der Waals surface area contributed by atoms with Crippen molar-refractivity contribution in [3.63, 3.8) is 0 Å². The van der Waals surface area contributed by atoms with Crippen molar-refractivity contribution in [2.45, 2.75) is 13.0 Å². The molecule has 0 aliphatic heterocycles. The number of nitrogens with zero attached hydrogens (tertiary/aromatic N) is 2. The molecule has 128 valence electrons. The molecule has 0 radical (unpaired) electrons. The molecule has 0 fully saturated rings. The lowest BCUT2D eigenvalue weighted by molar-refractivity contribution is 0.0814. The summed E-state index contributed by atoms with van der Waals surface area (Å²) < 4.78 is 43.1. The van der Waals surface area contributed by atoms with Gasteiger partial charge in [0.05, 0.1) is 5.52 Å². The first-order valence-corrected chi connectivity index (χ1v) is 7.38. The summed E-state index contributed by atoms with van der Waals surface area (Å²) in [7, 11) is 0. The average Bonchev–Trinajstić information content (AvgIpc) is 3.01. The summed E-state index contributed by atoms with van der Waals surface area (Å²) in [6.45, 7) is -0.591. The Morgan fingerprint density at radius 3 is 2.84 bits per heavy atom. The largest absolute Gasteiger partial charge is 0.487 e. The maximum atomic E-state index is 13.5. The number of hydrogen-bond acceptors (Lipinski definition) is 4. The van der Waals surface area contributed by atoms with Gasteiger partial charge in [-0.3, -0.25) is 5.10 Å². The zero-order chi connectivity index (χ0) is 17.8. The lowest BCUT2D eigenvalue weighted by Crippen LogP contribution is -2.10. The molecule has 0 aliphatic rings. The fraction of sp³-hybridized carbons (Fsp3) is 0.176. The number of alkyl halides is 2. The van der Waals surface area contributed by atoms with E-state index in [-0.39, 0.29) is 18.0 Å². The van der Waals surface area contributed by atoms with Gasteiger partial charge in [-0.15, -0.1) is 0 Å². The highest BCUT2D eigenvalue weighted by Crippen LogP contribution is 2.24. The number of aromatic amines is 1. The summed E-state index contributed by atoms with van der Waals surface area (Å²) in [6.07, 6.45) is -2.61. The molecule has 0 amide bonds. The molecule has 0 unspecified atom stereocenters. The first kappa shape index (κ1) is 16.6. The normalized spacial score (nSPS) is 10.8. The van der Waals surface area contributed by atoms with Crippen LogP contribution in [0.3, 0.4) is 0 Å². The molecular weight excluding hydrogens is 333 g/mol. The van der Waals surface area contributed by atoms with Crippen LogP contribution in [0.25, 0.3) is 10.9 Å². The number of ether oxygens (including phenoxy) is 1. The Morgan fingerprint density at radius 1 is 1.24 bits per heavy atom. The summed E-state index contributed by atoms with van der Waals surface area (Å²) in [4.78, 5) is 0. The third-order valence-electron chi connectivity index (χ3n) is 3.54. The third kappa shape index (κ3) is 3.83. The Balaban J connectivity index is 1.79. The van der Waals surface area contributed by atoms with Crippen molar-refractivity contribution < 1.29 is 17.9 Å². The highest BCUT2D eigenvalue weighted by Gasteiger charge is 2.10. The molecule has 0 atom stereocenters. The van der Waals surface area contributed by atoms with Gasteiger partial charge in [0.1, 0.15) is 24.2 Å². The van der Waals surface area contributed by atoms with Gasteiger partial charge >= 0.3 is 0 Å². The Morgan fingerprint density at radius 2 is 2.08 bits per heavy atom. The van der Waals surface area contributed by atoms with Crippen molar-refractivity contribution in [1.29, 1.82) is 5.26 Å². The van der Waals surface area contributed by atoms with Gasteiger partial charge in [-0.1, -0.05) is 0 Å². The highest BCUT2D eigenvalue weighted by molar-refractivity contribution is 5.86. The lowest BCUT2D eigenvalue weighted by atomic mass is 10.1. The molecule has 1 aromatic heterocycles. The van der Waals surface area contributed by atoms with Crippen LogP contribution in [-0.2, 0) is 6.54 Å². The predicted molar refractivity (Wildman–Crippen MR) is 86.0 cm³/mol. The van der Waals surface area contributed by atoms with E-state index in [1.807, 2.05) is 6.07 Å². The second-order valence-corrected chi connectivity index (χ2v) is 5.25. The topological polar surface area (TPSA) is 73.7 Å². The highest BCUT2D eigenvalue weighted by atomic mass is 19.3. The first-order valence-electron chi connectivity index (χ1n) is 7.38. The second-order valence-electron chi connectivity index (χ2n) is 5.25. The molecule has 25 heavy (non-hydrogen) atoms. The molecule has 5 nitrogen and oxygen atoms in total. The first-order chi connectivity index (χ1) is 12.1. The van der Waals surface area contributed by atoms with Gasteiger partial charge < -0.3 is 10.1 Å². The van der Waals surface area contributed by atoms with Crippen LogP contribution >= 0.6 is 0 Å². The molecule has 3 rings (SSSR count). The Hall–Kier alpha value is -3.21. The number of H-pyrrole nitrogens is 1. The van der Waals surface area contributed by atoms with E-state index in [9.17, 15) is 13.2 Å².